The number of pyridine rings is 1. The van der Waals surface area contributed by atoms with Gasteiger partial charge < -0.3 is 0 Å². The molecular weight excluding hydrogens is 264 g/mol. The molecule has 2 rings (SSSR count). The highest BCUT2D eigenvalue weighted by Crippen LogP contribution is 2.24. The van der Waals surface area contributed by atoms with Gasteiger partial charge in [-0.1, -0.05) is 23.7 Å². The van der Waals surface area contributed by atoms with E-state index in [1.807, 2.05) is 19.1 Å². The van der Waals surface area contributed by atoms with Crippen molar-refractivity contribution >= 4 is 29.4 Å². The van der Waals surface area contributed by atoms with Gasteiger partial charge in [-0.15, -0.1) is 0 Å². The summed E-state index contributed by atoms with van der Waals surface area (Å²) < 4.78 is 0. The molecule has 96 valence electrons. The quantitative estimate of drug-likeness (QED) is 0.625. The van der Waals surface area contributed by atoms with Crippen molar-refractivity contribution in [3.63, 3.8) is 0 Å². The van der Waals surface area contributed by atoms with E-state index in [1.165, 1.54) is 18.2 Å². The topological polar surface area (TPSA) is 56.0 Å². The van der Waals surface area contributed by atoms with Gasteiger partial charge in [0.2, 0.25) is 0 Å². The van der Waals surface area contributed by atoms with Crippen molar-refractivity contribution < 1.29 is 4.92 Å². The summed E-state index contributed by atoms with van der Waals surface area (Å²) in [5.74, 6) is 0. The van der Waals surface area contributed by atoms with Crippen LogP contribution in [0.1, 0.15) is 16.8 Å². The van der Waals surface area contributed by atoms with Crippen LogP contribution in [0.2, 0.25) is 5.02 Å². The Hall–Kier alpha value is -2.20. The fourth-order valence-corrected chi connectivity index (χ4v) is 1.79. The molecule has 0 spiro atoms. The molecule has 19 heavy (non-hydrogen) atoms. The number of rotatable bonds is 3. The second-order valence-electron chi connectivity index (χ2n) is 4.00. The average Bonchev–Trinajstić information content (AvgIpc) is 2.39. The molecule has 0 saturated heterocycles. The second-order valence-corrected chi connectivity index (χ2v) is 4.41. The zero-order chi connectivity index (χ0) is 13.8. The molecule has 0 aliphatic carbocycles. The number of nitrogens with zero attached hydrogens (tertiary/aromatic N) is 2. The summed E-state index contributed by atoms with van der Waals surface area (Å²) in [5.41, 5.74) is 2.45. The number of aryl methyl sites for hydroxylation is 1. The molecule has 0 aliphatic heterocycles. The maximum atomic E-state index is 10.7. The van der Waals surface area contributed by atoms with Gasteiger partial charge in [0.05, 0.1) is 10.6 Å². The molecule has 0 aliphatic rings. The predicted molar refractivity (Wildman–Crippen MR) is 76.0 cm³/mol. The van der Waals surface area contributed by atoms with Crippen LogP contribution in [-0.2, 0) is 0 Å². The van der Waals surface area contributed by atoms with E-state index in [4.69, 9.17) is 11.6 Å². The van der Waals surface area contributed by atoms with Crippen molar-refractivity contribution in [2.24, 2.45) is 0 Å². The van der Waals surface area contributed by atoms with Crippen LogP contribution in [0.15, 0.2) is 36.5 Å². The molecule has 1 aromatic heterocycles. The molecule has 0 amide bonds. The fraction of sp³-hybridized carbons (Fsp3) is 0.0714. The maximum absolute atomic E-state index is 10.7. The van der Waals surface area contributed by atoms with Gasteiger partial charge >= 0.3 is 0 Å². The highest BCUT2D eigenvalue weighted by molar-refractivity contribution is 6.32. The number of nitro benzene ring substituents is 1. The summed E-state index contributed by atoms with van der Waals surface area (Å²) >= 11 is 6.01. The van der Waals surface area contributed by atoms with Gasteiger partial charge in [0, 0.05) is 23.4 Å². The van der Waals surface area contributed by atoms with Crippen molar-refractivity contribution in [1.82, 2.24) is 4.98 Å². The molecule has 1 heterocycles. The van der Waals surface area contributed by atoms with E-state index in [0.29, 0.717) is 10.6 Å². The predicted octanol–water partition coefficient (Wildman–Crippen LogP) is 4.12. The van der Waals surface area contributed by atoms with E-state index in [2.05, 4.69) is 4.98 Å². The maximum Gasteiger partial charge on any atom is 0.270 e. The summed E-state index contributed by atoms with van der Waals surface area (Å²) in [4.78, 5) is 14.5. The zero-order valence-electron chi connectivity index (χ0n) is 10.2. The molecule has 0 bridgehead atoms. The smallest absolute Gasteiger partial charge is 0.258 e. The van der Waals surface area contributed by atoms with Crippen molar-refractivity contribution in [1.29, 1.82) is 0 Å². The molecule has 4 nitrogen and oxygen atoms in total. The minimum absolute atomic E-state index is 0.0155. The van der Waals surface area contributed by atoms with E-state index < -0.39 is 4.92 Å². The van der Waals surface area contributed by atoms with Crippen molar-refractivity contribution in [3.8, 4) is 0 Å². The highest BCUT2D eigenvalue weighted by atomic mass is 35.5. The van der Waals surface area contributed by atoms with E-state index in [9.17, 15) is 10.1 Å². The van der Waals surface area contributed by atoms with Gasteiger partial charge in [-0.25, -0.2) is 0 Å². The van der Waals surface area contributed by atoms with Crippen molar-refractivity contribution in [3.05, 3.63) is 68.5 Å². The number of non-ortho nitro benzene ring substituents is 1. The van der Waals surface area contributed by atoms with Gasteiger partial charge in [0.25, 0.3) is 5.69 Å². The second kappa shape index (κ2) is 5.63. The monoisotopic (exact) mass is 274 g/mol. The lowest BCUT2D eigenvalue weighted by atomic mass is 10.1. The SMILES string of the molecule is Cc1cccnc1/C=C/c1cc([N+](=O)[O-])ccc1Cl. The Morgan fingerprint density at radius 2 is 2.11 bits per heavy atom. The van der Waals surface area contributed by atoms with Gasteiger partial charge in [-0.05, 0) is 36.3 Å². The number of hydrogen-bond acceptors (Lipinski definition) is 3. The number of aromatic nitrogens is 1. The lowest BCUT2D eigenvalue weighted by Gasteiger charge is -2.00. The molecule has 5 heteroatoms. The molecule has 0 N–H and O–H groups in total. The number of nitro groups is 1. The third kappa shape index (κ3) is 3.17. The van der Waals surface area contributed by atoms with Gasteiger partial charge in [0.15, 0.2) is 0 Å². The minimum Gasteiger partial charge on any atom is -0.258 e. The number of hydrogen-bond donors (Lipinski definition) is 0. The van der Waals surface area contributed by atoms with Crippen molar-refractivity contribution in [2.75, 3.05) is 0 Å². The first kappa shape index (κ1) is 13.2. The number of benzene rings is 1. The Morgan fingerprint density at radius 1 is 1.32 bits per heavy atom. The van der Waals surface area contributed by atoms with Crippen LogP contribution in [-0.4, -0.2) is 9.91 Å². The first-order valence-electron chi connectivity index (χ1n) is 5.61. The lowest BCUT2D eigenvalue weighted by Crippen LogP contribution is -1.89. The van der Waals surface area contributed by atoms with Crippen LogP contribution >= 0.6 is 11.6 Å². The molecule has 0 atom stereocenters. The first-order chi connectivity index (χ1) is 9.08. The lowest BCUT2D eigenvalue weighted by molar-refractivity contribution is -0.384. The number of halogens is 1. The van der Waals surface area contributed by atoms with E-state index in [1.54, 1.807) is 18.3 Å². The molecule has 0 unspecified atom stereocenters. The Labute approximate surface area is 115 Å². The van der Waals surface area contributed by atoms with E-state index in [-0.39, 0.29) is 5.69 Å². The summed E-state index contributed by atoms with van der Waals surface area (Å²) in [5, 5.41) is 11.2. The average molecular weight is 275 g/mol. The van der Waals surface area contributed by atoms with Crippen LogP contribution in [0.3, 0.4) is 0 Å². The Kier molecular flexibility index (Phi) is 3.92. The molecule has 1 aromatic carbocycles. The normalized spacial score (nSPS) is 10.8. The van der Waals surface area contributed by atoms with Crippen molar-refractivity contribution in [2.45, 2.75) is 6.92 Å². The molecule has 2 aromatic rings. The standard InChI is InChI=1S/C14H11ClN2O2/c1-10-3-2-8-16-14(10)7-4-11-9-12(17(18)19)5-6-13(11)15/h2-9H,1H3/b7-4+. The largest absolute Gasteiger partial charge is 0.270 e. The summed E-state index contributed by atoms with van der Waals surface area (Å²) in [6.45, 7) is 1.95. The zero-order valence-corrected chi connectivity index (χ0v) is 11.0. The van der Waals surface area contributed by atoms with Gasteiger partial charge in [0.1, 0.15) is 0 Å². The molecule has 0 saturated carbocycles. The molecule has 0 fully saturated rings. The van der Waals surface area contributed by atoms with Gasteiger partial charge in [-0.3, -0.25) is 15.1 Å². The third-order valence-electron chi connectivity index (χ3n) is 2.66. The van der Waals surface area contributed by atoms with Crippen LogP contribution < -0.4 is 0 Å². The Balaban J connectivity index is 2.35. The van der Waals surface area contributed by atoms with E-state index in [0.717, 1.165) is 11.3 Å². The van der Waals surface area contributed by atoms with Crippen LogP contribution in [0.4, 0.5) is 5.69 Å². The molecule has 0 radical (unpaired) electrons. The Morgan fingerprint density at radius 3 is 2.79 bits per heavy atom. The van der Waals surface area contributed by atoms with Crippen LogP contribution in [0, 0.1) is 17.0 Å². The van der Waals surface area contributed by atoms with E-state index >= 15 is 0 Å². The van der Waals surface area contributed by atoms with Gasteiger partial charge in [-0.2, -0.15) is 0 Å². The third-order valence-corrected chi connectivity index (χ3v) is 3.01. The molecular formula is C14H11ClN2O2. The minimum atomic E-state index is -0.445. The highest BCUT2D eigenvalue weighted by Gasteiger charge is 2.07. The summed E-state index contributed by atoms with van der Waals surface area (Å²) in [6.07, 6.45) is 5.21. The fourth-order valence-electron chi connectivity index (χ4n) is 1.61. The summed E-state index contributed by atoms with van der Waals surface area (Å²) in [7, 11) is 0. The van der Waals surface area contributed by atoms with Crippen LogP contribution in [0.5, 0.6) is 0 Å². The van der Waals surface area contributed by atoms with Crippen LogP contribution in [0.25, 0.3) is 12.2 Å². The Bertz CT molecular complexity index is 654. The first-order valence-corrected chi connectivity index (χ1v) is 5.99. The summed E-state index contributed by atoms with van der Waals surface area (Å²) in [6, 6.07) is 8.14.